The molecule has 7 heteroatoms. The predicted octanol–water partition coefficient (Wildman–Crippen LogP) is 0.731. The van der Waals surface area contributed by atoms with Crippen LogP contribution in [0.1, 0.15) is 17.3 Å². The largest absolute Gasteiger partial charge is 0.493 e. The number of hydrogen-bond donors (Lipinski definition) is 2. The lowest BCUT2D eigenvalue weighted by Crippen LogP contribution is -2.43. The molecule has 1 rings (SSSR count). The minimum atomic E-state index is -0.900. The van der Waals surface area contributed by atoms with Gasteiger partial charge in [0.25, 0.3) is 5.91 Å². The van der Waals surface area contributed by atoms with Crippen LogP contribution in [0.2, 0.25) is 0 Å². The molecule has 0 saturated carbocycles. The van der Waals surface area contributed by atoms with E-state index in [1.165, 1.54) is 39.3 Å². The van der Waals surface area contributed by atoms with E-state index >= 15 is 0 Å². The maximum atomic E-state index is 11.6. The second-order valence-corrected chi connectivity index (χ2v) is 3.86. The molecule has 0 aliphatic heterocycles. The number of benzene rings is 1. The van der Waals surface area contributed by atoms with Gasteiger partial charge < -0.3 is 14.8 Å². The van der Waals surface area contributed by atoms with Crippen LogP contribution in [-0.2, 0) is 4.79 Å². The summed E-state index contributed by atoms with van der Waals surface area (Å²) in [4.78, 5) is 33.3. The Labute approximate surface area is 116 Å². The number of hydrogen-bond acceptors (Lipinski definition) is 5. The third-order valence-corrected chi connectivity index (χ3v) is 2.46. The van der Waals surface area contributed by atoms with E-state index < -0.39 is 18.0 Å². The summed E-state index contributed by atoms with van der Waals surface area (Å²) in [5.74, 6) is 0.0396. The van der Waals surface area contributed by atoms with Crippen molar-refractivity contribution in [2.75, 3.05) is 14.2 Å². The SMILES string of the molecule is CNC(=O)NC(=O)C(C)Oc1ccc(C=O)cc1OC. The fourth-order valence-electron chi connectivity index (χ4n) is 1.37. The second-order valence-electron chi connectivity index (χ2n) is 3.86. The molecule has 20 heavy (non-hydrogen) atoms. The van der Waals surface area contributed by atoms with Crippen molar-refractivity contribution in [3.63, 3.8) is 0 Å². The second kappa shape index (κ2) is 7.13. The number of methoxy groups -OCH3 is 1. The van der Waals surface area contributed by atoms with Crippen LogP contribution in [0.15, 0.2) is 18.2 Å². The molecule has 0 saturated heterocycles. The molecule has 1 aromatic carbocycles. The molecule has 1 unspecified atom stereocenters. The molecule has 108 valence electrons. The van der Waals surface area contributed by atoms with E-state index in [0.29, 0.717) is 23.3 Å². The number of rotatable bonds is 5. The first-order valence-electron chi connectivity index (χ1n) is 5.84. The van der Waals surface area contributed by atoms with Gasteiger partial charge in [-0.15, -0.1) is 0 Å². The number of urea groups is 1. The van der Waals surface area contributed by atoms with Gasteiger partial charge in [-0.3, -0.25) is 14.9 Å². The van der Waals surface area contributed by atoms with Gasteiger partial charge in [0, 0.05) is 12.6 Å². The summed E-state index contributed by atoms with van der Waals surface area (Å²) in [6, 6.07) is 3.93. The number of carbonyl (C=O) groups excluding carboxylic acids is 3. The smallest absolute Gasteiger partial charge is 0.321 e. The zero-order valence-electron chi connectivity index (χ0n) is 11.4. The molecular weight excluding hydrogens is 264 g/mol. The molecule has 3 amide bonds. The van der Waals surface area contributed by atoms with Gasteiger partial charge in [-0.2, -0.15) is 0 Å². The van der Waals surface area contributed by atoms with Gasteiger partial charge in [0.15, 0.2) is 17.6 Å². The third kappa shape index (κ3) is 3.98. The van der Waals surface area contributed by atoms with Gasteiger partial charge in [0.05, 0.1) is 7.11 Å². The zero-order valence-corrected chi connectivity index (χ0v) is 11.4. The molecule has 0 heterocycles. The Morgan fingerprint density at radius 3 is 2.55 bits per heavy atom. The van der Waals surface area contributed by atoms with E-state index in [1.807, 2.05) is 0 Å². The third-order valence-electron chi connectivity index (χ3n) is 2.46. The molecule has 0 aromatic heterocycles. The molecule has 0 bridgehead atoms. The van der Waals surface area contributed by atoms with Crippen LogP contribution >= 0.6 is 0 Å². The Bertz CT molecular complexity index is 515. The highest BCUT2D eigenvalue weighted by atomic mass is 16.5. The van der Waals surface area contributed by atoms with Crippen LogP contribution in [0, 0.1) is 0 Å². The molecule has 2 N–H and O–H groups in total. The van der Waals surface area contributed by atoms with Crippen LogP contribution in [0.4, 0.5) is 4.79 Å². The Kier molecular flexibility index (Phi) is 5.52. The number of nitrogens with one attached hydrogen (secondary N) is 2. The first-order valence-corrected chi connectivity index (χ1v) is 5.84. The molecule has 1 aromatic rings. The van der Waals surface area contributed by atoms with Gasteiger partial charge in [-0.1, -0.05) is 0 Å². The molecule has 7 nitrogen and oxygen atoms in total. The normalized spacial score (nSPS) is 11.2. The highest BCUT2D eigenvalue weighted by Crippen LogP contribution is 2.28. The monoisotopic (exact) mass is 280 g/mol. The number of amides is 3. The van der Waals surface area contributed by atoms with Crippen molar-refractivity contribution in [1.29, 1.82) is 0 Å². The van der Waals surface area contributed by atoms with Crippen molar-refractivity contribution in [2.45, 2.75) is 13.0 Å². The lowest BCUT2D eigenvalue weighted by Gasteiger charge is -2.16. The quantitative estimate of drug-likeness (QED) is 0.775. The van der Waals surface area contributed by atoms with Crippen LogP contribution < -0.4 is 20.1 Å². The summed E-state index contributed by atoms with van der Waals surface area (Å²) >= 11 is 0. The number of aldehydes is 1. The lowest BCUT2D eigenvalue weighted by atomic mass is 10.2. The van der Waals surface area contributed by atoms with E-state index in [4.69, 9.17) is 9.47 Å². The van der Waals surface area contributed by atoms with Gasteiger partial charge in [0.1, 0.15) is 6.29 Å². The van der Waals surface area contributed by atoms with Crippen molar-refractivity contribution in [3.8, 4) is 11.5 Å². The van der Waals surface area contributed by atoms with E-state index in [-0.39, 0.29) is 0 Å². The summed E-state index contributed by atoms with van der Waals surface area (Å²) in [7, 11) is 2.82. The zero-order chi connectivity index (χ0) is 15.1. The molecule has 0 aliphatic carbocycles. The lowest BCUT2D eigenvalue weighted by molar-refractivity contribution is -0.126. The van der Waals surface area contributed by atoms with E-state index in [0.717, 1.165) is 0 Å². The molecule has 0 aliphatic rings. The Hall–Kier alpha value is -2.57. The van der Waals surface area contributed by atoms with Crippen molar-refractivity contribution in [3.05, 3.63) is 23.8 Å². The first kappa shape index (κ1) is 15.5. The standard InChI is InChI=1S/C13H16N2O5/c1-8(12(17)15-13(18)14-2)20-10-5-4-9(7-16)6-11(10)19-3/h4-8H,1-3H3,(H2,14,15,17,18). The first-order chi connectivity index (χ1) is 9.51. The minimum absolute atomic E-state index is 0.303. The fourth-order valence-corrected chi connectivity index (χ4v) is 1.37. The Balaban J connectivity index is 2.79. The average molecular weight is 280 g/mol. The Morgan fingerprint density at radius 2 is 2.00 bits per heavy atom. The van der Waals surface area contributed by atoms with Gasteiger partial charge in [-0.05, 0) is 25.1 Å². The highest BCUT2D eigenvalue weighted by Gasteiger charge is 2.18. The van der Waals surface area contributed by atoms with Gasteiger partial charge in [-0.25, -0.2) is 4.79 Å². The molecule has 1 atom stereocenters. The van der Waals surface area contributed by atoms with Gasteiger partial charge >= 0.3 is 6.03 Å². The molecule has 0 spiro atoms. The average Bonchev–Trinajstić information content (AvgIpc) is 2.47. The van der Waals surface area contributed by atoms with Crippen molar-refractivity contribution in [2.24, 2.45) is 0 Å². The van der Waals surface area contributed by atoms with E-state index in [2.05, 4.69) is 10.6 Å². The predicted molar refractivity (Wildman–Crippen MR) is 71.1 cm³/mol. The summed E-state index contributed by atoms with van der Waals surface area (Å²) in [5, 5.41) is 4.36. The highest BCUT2D eigenvalue weighted by molar-refractivity contribution is 5.96. The van der Waals surface area contributed by atoms with Crippen LogP contribution in [-0.4, -0.2) is 38.5 Å². The number of imide groups is 1. The van der Waals surface area contributed by atoms with Crippen molar-refractivity contribution < 1.29 is 23.9 Å². The molecular formula is C13H16N2O5. The maximum absolute atomic E-state index is 11.6. The topological polar surface area (TPSA) is 93.7 Å². The van der Waals surface area contributed by atoms with E-state index in [9.17, 15) is 14.4 Å². The van der Waals surface area contributed by atoms with E-state index in [1.54, 1.807) is 0 Å². The van der Waals surface area contributed by atoms with Crippen molar-refractivity contribution in [1.82, 2.24) is 10.6 Å². The maximum Gasteiger partial charge on any atom is 0.321 e. The van der Waals surface area contributed by atoms with Crippen LogP contribution in [0.5, 0.6) is 11.5 Å². The summed E-state index contributed by atoms with van der Waals surface area (Å²) in [6.45, 7) is 1.49. The summed E-state index contributed by atoms with van der Waals surface area (Å²) in [6.07, 6.45) is -0.225. The van der Waals surface area contributed by atoms with Crippen molar-refractivity contribution >= 4 is 18.2 Å². The van der Waals surface area contributed by atoms with Crippen LogP contribution in [0.25, 0.3) is 0 Å². The van der Waals surface area contributed by atoms with Crippen LogP contribution in [0.3, 0.4) is 0 Å². The molecule has 0 radical (unpaired) electrons. The van der Waals surface area contributed by atoms with Gasteiger partial charge in [0.2, 0.25) is 0 Å². The summed E-state index contributed by atoms with van der Waals surface area (Å²) in [5.41, 5.74) is 0.427. The summed E-state index contributed by atoms with van der Waals surface area (Å²) < 4.78 is 10.5. The minimum Gasteiger partial charge on any atom is -0.493 e. The molecule has 0 fully saturated rings. The number of ether oxygens (including phenoxy) is 2. The number of carbonyl (C=O) groups is 3. The fraction of sp³-hybridized carbons (Fsp3) is 0.308. The Morgan fingerprint density at radius 1 is 1.30 bits per heavy atom.